The van der Waals surface area contributed by atoms with Gasteiger partial charge >= 0.3 is 5.97 Å². The van der Waals surface area contributed by atoms with Crippen LogP contribution in [0.3, 0.4) is 0 Å². The minimum absolute atomic E-state index is 0.00609. The molecule has 0 spiro atoms. The Hall–Kier alpha value is -2.82. The molecule has 0 aliphatic carbocycles. The molecule has 2 atom stereocenters. The predicted molar refractivity (Wildman–Crippen MR) is 199 cm³/mol. The van der Waals surface area contributed by atoms with Crippen molar-refractivity contribution < 1.29 is 33.9 Å². The van der Waals surface area contributed by atoms with E-state index in [-0.39, 0.29) is 63.3 Å². The molecule has 0 fully saturated rings. The van der Waals surface area contributed by atoms with Crippen LogP contribution in [0.1, 0.15) is 143 Å². The standard InChI is InChI=1S/C13H26N2O2.C13H25NO3.C12H23NO2/c1-9(2)11(16)6-7-15-12(17)10(8-14)13(3,4)5;1-12(2,3)8-7-9(10(15)16)14-11(17)13(4,5)6;1-9(2)10(14)6-7-13-11(15)8-12(3,4)5/h9-10H,6-8,14H2,1-5H3,(H,15,17);9H,7-8H2,1-6H3,(H,14,17)(H,15,16);9H,6-8H2,1-5H3,(H,13,15)/t10-;9-;/m00./s1. The molecule has 288 valence electrons. The maximum absolute atomic E-state index is 11.9. The highest BCUT2D eigenvalue weighted by Gasteiger charge is 2.30. The van der Waals surface area contributed by atoms with E-state index in [2.05, 4.69) is 36.7 Å². The van der Waals surface area contributed by atoms with Crippen molar-refractivity contribution >= 4 is 35.3 Å². The lowest BCUT2D eigenvalue weighted by molar-refractivity contribution is -0.143. The van der Waals surface area contributed by atoms with E-state index in [0.717, 1.165) is 6.42 Å². The summed E-state index contributed by atoms with van der Waals surface area (Å²) in [6, 6.07) is -0.791. The third-order valence-electron chi connectivity index (χ3n) is 7.41. The van der Waals surface area contributed by atoms with E-state index in [1.165, 1.54) is 0 Å². The topological polar surface area (TPSA) is 185 Å². The van der Waals surface area contributed by atoms with Crippen LogP contribution in [-0.2, 0) is 28.8 Å². The lowest BCUT2D eigenvalue weighted by atomic mass is 9.80. The number of nitrogens with two attached hydrogens (primary N) is 1. The molecule has 0 aliphatic heterocycles. The van der Waals surface area contributed by atoms with Gasteiger partial charge in [0.05, 0.1) is 5.92 Å². The second-order valence-electron chi connectivity index (χ2n) is 18.0. The first-order valence-corrected chi connectivity index (χ1v) is 17.7. The lowest BCUT2D eigenvalue weighted by Gasteiger charge is -2.28. The van der Waals surface area contributed by atoms with E-state index >= 15 is 0 Å². The second-order valence-corrected chi connectivity index (χ2v) is 18.0. The normalized spacial score (nSPS) is 13.2. The fourth-order valence-electron chi connectivity index (χ4n) is 3.94. The van der Waals surface area contributed by atoms with Crippen molar-refractivity contribution in [1.82, 2.24) is 16.0 Å². The van der Waals surface area contributed by atoms with Crippen molar-refractivity contribution in [2.75, 3.05) is 19.6 Å². The Kier molecular flexibility index (Phi) is 23.5. The molecule has 0 radical (unpaired) electrons. The summed E-state index contributed by atoms with van der Waals surface area (Å²) in [5.41, 5.74) is 4.98. The molecular formula is C38H74N4O7. The van der Waals surface area contributed by atoms with E-state index in [1.54, 1.807) is 20.8 Å². The summed E-state index contributed by atoms with van der Waals surface area (Å²) in [5, 5.41) is 17.2. The zero-order valence-corrected chi connectivity index (χ0v) is 33.9. The van der Waals surface area contributed by atoms with E-state index < -0.39 is 17.4 Å². The van der Waals surface area contributed by atoms with Crippen LogP contribution in [0.5, 0.6) is 0 Å². The zero-order chi connectivity index (χ0) is 39.6. The molecule has 0 heterocycles. The Balaban J connectivity index is -0.000000649. The first-order valence-electron chi connectivity index (χ1n) is 17.7. The number of carbonyl (C=O) groups is 6. The van der Waals surface area contributed by atoms with Crippen LogP contribution in [-0.4, -0.2) is 66.0 Å². The van der Waals surface area contributed by atoms with Crippen LogP contribution in [0.15, 0.2) is 0 Å². The quantitative estimate of drug-likeness (QED) is 0.140. The van der Waals surface area contributed by atoms with Crippen LogP contribution in [0.25, 0.3) is 0 Å². The summed E-state index contributed by atoms with van der Waals surface area (Å²) < 4.78 is 0. The maximum Gasteiger partial charge on any atom is 0.326 e. The summed E-state index contributed by atoms with van der Waals surface area (Å²) in [5.74, 6) is -0.973. The van der Waals surface area contributed by atoms with E-state index in [4.69, 9.17) is 10.8 Å². The Bertz CT molecular complexity index is 1040. The summed E-state index contributed by atoms with van der Waals surface area (Å²) in [6.07, 6.45) is 2.55. The Morgan fingerprint density at radius 2 is 1.10 bits per heavy atom. The highest BCUT2D eigenvalue weighted by atomic mass is 16.4. The van der Waals surface area contributed by atoms with Gasteiger partial charge < -0.3 is 26.8 Å². The van der Waals surface area contributed by atoms with Crippen molar-refractivity contribution in [2.24, 2.45) is 45.1 Å². The van der Waals surface area contributed by atoms with E-state index in [1.807, 2.05) is 69.2 Å². The Morgan fingerprint density at radius 3 is 1.41 bits per heavy atom. The van der Waals surface area contributed by atoms with Gasteiger partial charge in [-0.2, -0.15) is 0 Å². The number of amides is 3. The molecule has 0 saturated carbocycles. The lowest BCUT2D eigenvalue weighted by Crippen LogP contribution is -2.46. The summed E-state index contributed by atoms with van der Waals surface area (Å²) in [4.78, 5) is 68.7. The monoisotopic (exact) mass is 699 g/mol. The highest BCUT2D eigenvalue weighted by Crippen LogP contribution is 2.25. The number of hydrogen-bond acceptors (Lipinski definition) is 7. The molecule has 11 nitrogen and oxygen atoms in total. The predicted octanol–water partition coefficient (Wildman–Crippen LogP) is 5.92. The molecule has 0 rings (SSSR count). The van der Waals surface area contributed by atoms with Crippen molar-refractivity contribution in [1.29, 1.82) is 0 Å². The van der Waals surface area contributed by atoms with Crippen LogP contribution in [0.4, 0.5) is 0 Å². The third-order valence-corrected chi connectivity index (χ3v) is 7.41. The van der Waals surface area contributed by atoms with Crippen LogP contribution in [0, 0.1) is 39.4 Å². The molecule has 0 unspecified atom stereocenters. The van der Waals surface area contributed by atoms with E-state index in [0.29, 0.717) is 45.3 Å². The number of hydrogen-bond donors (Lipinski definition) is 5. The first kappa shape index (κ1) is 50.6. The van der Waals surface area contributed by atoms with Gasteiger partial charge in [-0.25, -0.2) is 4.79 Å². The van der Waals surface area contributed by atoms with Gasteiger partial charge in [0.15, 0.2) is 0 Å². The van der Waals surface area contributed by atoms with Gasteiger partial charge in [-0.15, -0.1) is 0 Å². The first-order chi connectivity index (χ1) is 21.8. The largest absolute Gasteiger partial charge is 0.480 e. The molecule has 0 bridgehead atoms. The summed E-state index contributed by atoms with van der Waals surface area (Å²) in [7, 11) is 0. The van der Waals surface area contributed by atoms with Gasteiger partial charge in [0.1, 0.15) is 17.6 Å². The number of aliphatic carboxylic acids is 1. The molecule has 0 aromatic carbocycles. The zero-order valence-electron chi connectivity index (χ0n) is 33.9. The van der Waals surface area contributed by atoms with Gasteiger partial charge in [0.2, 0.25) is 17.7 Å². The van der Waals surface area contributed by atoms with Crippen LogP contribution in [0.2, 0.25) is 0 Å². The molecule has 11 heteroatoms. The molecule has 0 aromatic heterocycles. The van der Waals surface area contributed by atoms with Crippen LogP contribution < -0.4 is 21.7 Å². The SMILES string of the molecule is CC(C)(C)CC[C@H](NC(=O)C(C)(C)C)C(=O)O.CC(C)C(=O)CCNC(=O)CC(C)(C)C.CC(C)C(=O)CCNC(=O)[C@H](CN)C(C)(C)C. The van der Waals surface area contributed by atoms with Gasteiger partial charge in [0, 0.05) is 56.1 Å². The van der Waals surface area contributed by atoms with Gasteiger partial charge in [-0.05, 0) is 29.1 Å². The second kappa shape index (κ2) is 22.8. The van der Waals surface area contributed by atoms with Crippen molar-refractivity contribution in [3.05, 3.63) is 0 Å². The van der Waals surface area contributed by atoms with Crippen molar-refractivity contribution in [3.8, 4) is 0 Å². The molecule has 0 aliphatic rings. The number of ketones is 2. The number of Topliss-reactive ketones (excluding diaryl/α,β-unsaturated/α-hetero) is 2. The highest BCUT2D eigenvalue weighted by molar-refractivity contribution is 5.86. The average molecular weight is 699 g/mol. The number of carboxylic acid groups (broad SMARTS) is 1. The van der Waals surface area contributed by atoms with E-state index in [9.17, 15) is 28.8 Å². The molecule has 0 saturated heterocycles. The summed E-state index contributed by atoms with van der Waals surface area (Å²) >= 11 is 0. The minimum Gasteiger partial charge on any atom is -0.480 e. The number of carboxylic acids is 1. The Labute approximate surface area is 298 Å². The molecule has 49 heavy (non-hydrogen) atoms. The average Bonchev–Trinajstić information content (AvgIpc) is 2.88. The molecule has 3 amide bonds. The number of rotatable bonds is 15. The van der Waals surface area contributed by atoms with Crippen molar-refractivity contribution in [2.45, 2.75) is 149 Å². The fourth-order valence-corrected chi connectivity index (χ4v) is 3.94. The minimum atomic E-state index is -0.966. The molecular weight excluding hydrogens is 624 g/mol. The van der Waals surface area contributed by atoms with Crippen molar-refractivity contribution in [3.63, 3.8) is 0 Å². The van der Waals surface area contributed by atoms with Crippen LogP contribution >= 0.6 is 0 Å². The Morgan fingerprint density at radius 1 is 0.673 bits per heavy atom. The summed E-state index contributed by atoms with van der Waals surface area (Å²) in [6.45, 7) is 32.2. The smallest absolute Gasteiger partial charge is 0.326 e. The number of nitrogens with one attached hydrogen (secondary N) is 3. The maximum atomic E-state index is 11.9. The van der Waals surface area contributed by atoms with Gasteiger partial charge in [-0.1, -0.05) is 111 Å². The van der Waals surface area contributed by atoms with Gasteiger partial charge in [0.25, 0.3) is 0 Å². The third kappa shape index (κ3) is 28.7. The number of carbonyl (C=O) groups excluding carboxylic acids is 5. The fraction of sp³-hybridized carbons (Fsp3) is 0.842. The van der Waals surface area contributed by atoms with Gasteiger partial charge in [-0.3, -0.25) is 24.0 Å². The molecule has 0 aromatic rings. The molecule has 6 N–H and O–H groups in total.